The summed E-state index contributed by atoms with van der Waals surface area (Å²) < 4.78 is 5.50. The van der Waals surface area contributed by atoms with Gasteiger partial charge in [0.1, 0.15) is 5.75 Å². The van der Waals surface area contributed by atoms with E-state index in [1.165, 1.54) is 23.2 Å². The Hall–Kier alpha value is -0.630. The molecule has 0 spiro atoms. The third-order valence-corrected chi connectivity index (χ3v) is 2.38. The van der Waals surface area contributed by atoms with Crippen molar-refractivity contribution in [3.8, 4) is 5.75 Å². The number of aryl methyl sites for hydroxylation is 1. The van der Waals surface area contributed by atoms with Crippen molar-refractivity contribution in [2.75, 3.05) is 6.26 Å². The number of benzene rings is 1. The minimum atomic E-state index is 0.517. The lowest BCUT2D eigenvalue weighted by Gasteiger charge is -2.14. The monoisotopic (exact) mass is 196 g/mol. The maximum atomic E-state index is 5.50. The van der Waals surface area contributed by atoms with Crippen LogP contribution in [0.3, 0.4) is 0 Å². The highest BCUT2D eigenvalue weighted by Gasteiger charge is 2.09. The highest BCUT2D eigenvalue weighted by Crippen LogP contribution is 2.30. The van der Waals surface area contributed by atoms with Gasteiger partial charge in [-0.1, -0.05) is 26.0 Å². The first-order valence-electron chi connectivity index (χ1n) is 4.47. The van der Waals surface area contributed by atoms with E-state index in [1.54, 1.807) is 0 Å². The van der Waals surface area contributed by atoms with E-state index in [4.69, 9.17) is 4.18 Å². The molecule has 1 aromatic carbocycles. The van der Waals surface area contributed by atoms with Crippen molar-refractivity contribution < 1.29 is 4.18 Å². The maximum absolute atomic E-state index is 5.50. The molecule has 0 amide bonds. The molecule has 0 aliphatic heterocycles. The molecular weight excluding hydrogens is 180 g/mol. The average molecular weight is 196 g/mol. The van der Waals surface area contributed by atoms with Gasteiger partial charge in [-0.25, -0.2) is 0 Å². The van der Waals surface area contributed by atoms with Crippen LogP contribution in [-0.4, -0.2) is 6.26 Å². The molecule has 0 aliphatic carbocycles. The summed E-state index contributed by atoms with van der Waals surface area (Å²) in [7, 11) is 0. The van der Waals surface area contributed by atoms with Crippen LogP contribution in [0.2, 0.25) is 0 Å². The minimum Gasteiger partial charge on any atom is -0.426 e. The largest absolute Gasteiger partial charge is 0.426 e. The Kier molecular flexibility index (Phi) is 3.67. The topological polar surface area (TPSA) is 9.23 Å². The van der Waals surface area contributed by atoms with Crippen LogP contribution >= 0.6 is 12.0 Å². The minimum absolute atomic E-state index is 0.517. The zero-order valence-electron chi connectivity index (χ0n) is 8.63. The van der Waals surface area contributed by atoms with Gasteiger partial charge >= 0.3 is 0 Å². The quantitative estimate of drug-likeness (QED) is 0.680. The third-order valence-electron chi connectivity index (χ3n) is 2.03. The van der Waals surface area contributed by atoms with E-state index >= 15 is 0 Å². The summed E-state index contributed by atoms with van der Waals surface area (Å²) in [5.74, 6) is 1.52. The van der Waals surface area contributed by atoms with Crippen molar-refractivity contribution in [3.05, 3.63) is 29.3 Å². The summed E-state index contributed by atoms with van der Waals surface area (Å²) in [4.78, 5) is 0. The van der Waals surface area contributed by atoms with Crippen LogP contribution in [0.1, 0.15) is 30.9 Å². The molecule has 13 heavy (non-hydrogen) atoms. The van der Waals surface area contributed by atoms with E-state index in [1.807, 2.05) is 18.4 Å². The van der Waals surface area contributed by atoms with Gasteiger partial charge < -0.3 is 4.18 Å². The van der Waals surface area contributed by atoms with E-state index in [0.717, 1.165) is 5.75 Å². The van der Waals surface area contributed by atoms with Crippen molar-refractivity contribution in [1.82, 2.24) is 0 Å². The highest BCUT2D eigenvalue weighted by atomic mass is 32.2. The van der Waals surface area contributed by atoms with Gasteiger partial charge in [-0.3, -0.25) is 0 Å². The van der Waals surface area contributed by atoms with Gasteiger partial charge in [0.2, 0.25) is 0 Å². The maximum Gasteiger partial charge on any atom is 0.141 e. The molecule has 0 heterocycles. The lowest BCUT2D eigenvalue weighted by atomic mass is 9.97. The molecule has 1 nitrogen and oxygen atoms in total. The summed E-state index contributed by atoms with van der Waals surface area (Å²) >= 11 is 1.39. The Bertz CT molecular complexity index is 281. The molecule has 0 unspecified atom stereocenters. The Balaban J connectivity index is 3.10. The van der Waals surface area contributed by atoms with Crippen LogP contribution < -0.4 is 4.18 Å². The molecular formula is C11H16OS. The van der Waals surface area contributed by atoms with Crippen molar-refractivity contribution >= 4 is 12.0 Å². The molecule has 0 aliphatic rings. The molecule has 1 aromatic rings. The molecule has 0 N–H and O–H groups in total. The predicted molar refractivity (Wildman–Crippen MR) is 59.4 cm³/mol. The molecule has 0 fully saturated rings. The zero-order chi connectivity index (χ0) is 9.84. The summed E-state index contributed by atoms with van der Waals surface area (Å²) in [6, 6.07) is 6.19. The van der Waals surface area contributed by atoms with Crippen LogP contribution in [-0.2, 0) is 0 Å². The van der Waals surface area contributed by atoms with E-state index < -0.39 is 0 Å². The number of rotatable bonds is 3. The number of hydrogen-bond acceptors (Lipinski definition) is 2. The first-order valence-corrected chi connectivity index (χ1v) is 5.62. The van der Waals surface area contributed by atoms with Crippen LogP contribution in [0.5, 0.6) is 5.75 Å². The normalized spacial score (nSPS) is 10.5. The highest BCUT2D eigenvalue weighted by molar-refractivity contribution is 7.94. The van der Waals surface area contributed by atoms with E-state index in [0.29, 0.717) is 5.92 Å². The van der Waals surface area contributed by atoms with Crippen LogP contribution in [0.15, 0.2) is 18.2 Å². The van der Waals surface area contributed by atoms with Crippen LogP contribution in [0, 0.1) is 6.92 Å². The standard InChI is InChI=1S/C11H16OS/c1-8(2)11-9(3)6-5-7-10(11)12-13-4/h5-8H,1-4H3. The fraction of sp³-hybridized carbons (Fsp3) is 0.455. The Labute approximate surface area is 84.7 Å². The van der Waals surface area contributed by atoms with Crippen molar-refractivity contribution in [1.29, 1.82) is 0 Å². The van der Waals surface area contributed by atoms with Gasteiger partial charge in [0.05, 0.1) is 12.0 Å². The molecule has 0 saturated heterocycles. The summed E-state index contributed by atoms with van der Waals surface area (Å²) in [6.45, 7) is 6.51. The lowest BCUT2D eigenvalue weighted by Crippen LogP contribution is -1.95. The fourth-order valence-corrected chi connectivity index (χ4v) is 1.88. The molecule has 0 aromatic heterocycles. The molecule has 0 bridgehead atoms. The van der Waals surface area contributed by atoms with E-state index in [9.17, 15) is 0 Å². The Morgan fingerprint density at radius 1 is 1.31 bits per heavy atom. The van der Waals surface area contributed by atoms with E-state index in [2.05, 4.69) is 26.8 Å². The third kappa shape index (κ3) is 2.41. The van der Waals surface area contributed by atoms with Crippen LogP contribution in [0.25, 0.3) is 0 Å². The summed E-state index contributed by atoms with van der Waals surface area (Å²) in [5, 5.41) is 0. The van der Waals surface area contributed by atoms with Gasteiger partial charge in [0, 0.05) is 11.8 Å². The average Bonchev–Trinajstić information content (AvgIpc) is 2.04. The second-order valence-electron chi connectivity index (χ2n) is 3.39. The summed E-state index contributed by atoms with van der Waals surface area (Å²) in [6.07, 6.45) is 1.94. The molecule has 0 saturated carbocycles. The lowest BCUT2D eigenvalue weighted by molar-refractivity contribution is 0.626. The molecule has 0 atom stereocenters. The van der Waals surface area contributed by atoms with Gasteiger partial charge in [0.15, 0.2) is 0 Å². The van der Waals surface area contributed by atoms with Gasteiger partial charge in [0.25, 0.3) is 0 Å². The fourth-order valence-electron chi connectivity index (χ4n) is 1.56. The second-order valence-corrected chi connectivity index (χ2v) is 3.89. The molecule has 2 heteroatoms. The molecule has 0 radical (unpaired) electrons. The Morgan fingerprint density at radius 2 is 2.00 bits per heavy atom. The van der Waals surface area contributed by atoms with Gasteiger partial charge in [-0.05, 0) is 24.5 Å². The van der Waals surface area contributed by atoms with Crippen molar-refractivity contribution in [2.24, 2.45) is 0 Å². The summed E-state index contributed by atoms with van der Waals surface area (Å²) in [5.41, 5.74) is 2.62. The predicted octanol–water partition coefficient (Wildman–Crippen LogP) is 3.78. The first-order chi connectivity index (χ1) is 6.16. The zero-order valence-corrected chi connectivity index (χ0v) is 9.44. The molecule has 1 rings (SSSR count). The van der Waals surface area contributed by atoms with Crippen LogP contribution in [0.4, 0.5) is 0 Å². The SMILES string of the molecule is CSOc1cccc(C)c1C(C)C. The smallest absolute Gasteiger partial charge is 0.141 e. The van der Waals surface area contributed by atoms with Gasteiger partial charge in [-0.15, -0.1) is 0 Å². The van der Waals surface area contributed by atoms with Crippen molar-refractivity contribution in [2.45, 2.75) is 26.7 Å². The molecule has 72 valence electrons. The van der Waals surface area contributed by atoms with E-state index in [-0.39, 0.29) is 0 Å². The first kappa shape index (κ1) is 10.5. The Morgan fingerprint density at radius 3 is 2.54 bits per heavy atom. The second kappa shape index (κ2) is 4.56. The van der Waals surface area contributed by atoms with Crippen molar-refractivity contribution in [3.63, 3.8) is 0 Å². The number of hydrogen-bond donors (Lipinski definition) is 0. The van der Waals surface area contributed by atoms with Gasteiger partial charge in [-0.2, -0.15) is 0 Å².